The van der Waals surface area contributed by atoms with E-state index in [1.807, 2.05) is 67.8 Å². The molecule has 0 radical (unpaired) electrons. The van der Waals surface area contributed by atoms with Crippen LogP contribution in [0.2, 0.25) is 0 Å². The molecule has 7 nitrogen and oxygen atoms in total. The predicted octanol–water partition coefficient (Wildman–Crippen LogP) is 3.23. The number of aryl methyl sites for hydroxylation is 1. The molecule has 2 aliphatic heterocycles. The quantitative estimate of drug-likeness (QED) is 0.758. The smallest absolute Gasteiger partial charge is 0.407 e. The van der Waals surface area contributed by atoms with E-state index in [1.54, 1.807) is 0 Å². The number of alkyl carbamates (subject to hydrolysis) is 1. The van der Waals surface area contributed by atoms with Crippen molar-refractivity contribution in [2.24, 2.45) is 11.8 Å². The molecule has 2 aliphatic rings. The summed E-state index contributed by atoms with van der Waals surface area (Å²) < 4.78 is 5.35. The van der Waals surface area contributed by atoms with E-state index in [1.165, 1.54) is 5.56 Å². The van der Waals surface area contributed by atoms with Crippen molar-refractivity contribution >= 4 is 17.9 Å². The van der Waals surface area contributed by atoms with Crippen LogP contribution in [0.3, 0.4) is 0 Å². The normalized spacial score (nSPS) is 22.0. The molecule has 32 heavy (non-hydrogen) atoms. The summed E-state index contributed by atoms with van der Waals surface area (Å²) in [6.45, 7) is 9.95. The van der Waals surface area contributed by atoms with Crippen molar-refractivity contribution in [3.05, 3.63) is 35.9 Å². The summed E-state index contributed by atoms with van der Waals surface area (Å²) in [6.07, 6.45) is 2.21. The molecule has 3 rings (SSSR count). The van der Waals surface area contributed by atoms with E-state index in [0.717, 1.165) is 6.42 Å². The second-order valence-electron chi connectivity index (χ2n) is 10.1. The van der Waals surface area contributed by atoms with Crippen LogP contribution in [0.5, 0.6) is 0 Å². The van der Waals surface area contributed by atoms with Gasteiger partial charge in [-0.3, -0.25) is 9.59 Å². The average Bonchev–Trinajstić information content (AvgIpc) is 3.11. The molecule has 2 heterocycles. The third-order valence-corrected chi connectivity index (χ3v) is 6.29. The SMILES string of the molecule is C[C@@H]1CN(C(=O)C2CCN(C(=O)CCc3ccccc3)CC2)C[C@@H]1NC(=O)OC(C)(C)C. The van der Waals surface area contributed by atoms with Crippen LogP contribution in [-0.2, 0) is 20.7 Å². The van der Waals surface area contributed by atoms with Crippen LogP contribution in [0, 0.1) is 11.8 Å². The van der Waals surface area contributed by atoms with Gasteiger partial charge in [-0.2, -0.15) is 0 Å². The van der Waals surface area contributed by atoms with Gasteiger partial charge in [0.15, 0.2) is 0 Å². The molecule has 2 saturated heterocycles. The maximum atomic E-state index is 13.1. The second kappa shape index (κ2) is 10.4. The first-order chi connectivity index (χ1) is 15.1. The molecular formula is C25H37N3O4. The van der Waals surface area contributed by atoms with Gasteiger partial charge in [-0.05, 0) is 51.5 Å². The van der Waals surface area contributed by atoms with E-state index in [2.05, 4.69) is 5.32 Å². The Balaban J connectivity index is 1.43. The number of carbonyl (C=O) groups excluding carboxylic acids is 3. The molecule has 7 heteroatoms. The lowest BCUT2D eigenvalue weighted by Crippen LogP contribution is -2.45. The highest BCUT2D eigenvalue weighted by Crippen LogP contribution is 2.25. The van der Waals surface area contributed by atoms with Crippen LogP contribution in [-0.4, -0.2) is 65.5 Å². The van der Waals surface area contributed by atoms with Gasteiger partial charge in [-0.15, -0.1) is 0 Å². The average molecular weight is 444 g/mol. The van der Waals surface area contributed by atoms with Crippen LogP contribution in [0.1, 0.15) is 52.5 Å². The Bertz CT molecular complexity index is 797. The van der Waals surface area contributed by atoms with Gasteiger partial charge in [-0.1, -0.05) is 37.3 Å². The Labute approximate surface area is 191 Å². The van der Waals surface area contributed by atoms with Crippen LogP contribution >= 0.6 is 0 Å². The van der Waals surface area contributed by atoms with Crippen molar-refractivity contribution in [3.63, 3.8) is 0 Å². The van der Waals surface area contributed by atoms with E-state index in [9.17, 15) is 14.4 Å². The maximum Gasteiger partial charge on any atom is 0.407 e. The Kier molecular flexibility index (Phi) is 7.80. The first-order valence-electron chi connectivity index (χ1n) is 11.7. The zero-order valence-corrected chi connectivity index (χ0v) is 19.8. The fraction of sp³-hybridized carbons (Fsp3) is 0.640. The lowest BCUT2D eigenvalue weighted by atomic mass is 9.95. The van der Waals surface area contributed by atoms with Gasteiger partial charge >= 0.3 is 6.09 Å². The van der Waals surface area contributed by atoms with Gasteiger partial charge in [0.1, 0.15) is 5.60 Å². The zero-order valence-electron chi connectivity index (χ0n) is 19.8. The van der Waals surface area contributed by atoms with Gasteiger partial charge in [0, 0.05) is 38.5 Å². The van der Waals surface area contributed by atoms with Gasteiger partial charge in [0.2, 0.25) is 11.8 Å². The van der Waals surface area contributed by atoms with Crippen LogP contribution in [0.15, 0.2) is 30.3 Å². The number of benzene rings is 1. The Morgan fingerprint density at radius 1 is 1.03 bits per heavy atom. The van der Waals surface area contributed by atoms with E-state index < -0.39 is 11.7 Å². The maximum absolute atomic E-state index is 13.1. The minimum Gasteiger partial charge on any atom is -0.444 e. The molecule has 0 saturated carbocycles. The van der Waals surface area contributed by atoms with Crippen molar-refractivity contribution in [2.45, 2.75) is 65.0 Å². The Hall–Kier alpha value is -2.57. The number of likely N-dealkylation sites (tertiary alicyclic amines) is 2. The number of nitrogens with zero attached hydrogens (tertiary/aromatic N) is 2. The summed E-state index contributed by atoms with van der Waals surface area (Å²) in [5.74, 6) is 0.421. The third-order valence-electron chi connectivity index (χ3n) is 6.29. The third kappa shape index (κ3) is 6.71. The first kappa shape index (κ1) is 24.1. The molecule has 2 fully saturated rings. The number of nitrogens with one attached hydrogen (secondary N) is 1. The minimum absolute atomic E-state index is 0.0550. The summed E-state index contributed by atoms with van der Waals surface area (Å²) in [5, 5.41) is 2.91. The number of ether oxygens (including phenoxy) is 1. The topological polar surface area (TPSA) is 79.0 Å². The molecule has 2 atom stereocenters. The lowest BCUT2D eigenvalue weighted by Gasteiger charge is -2.33. The van der Waals surface area contributed by atoms with E-state index in [0.29, 0.717) is 45.4 Å². The van der Waals surface area contributed by atoms with Crippen molar-refractivity contribution in [1.29, 1.82) is 0 Å². The molecule has 1 N–H and O–H groups in total. The van der Waals surface area contributed by atoms with E-state index in [-0.39, 0.29) is 29.7 Å². The van der Waals surface area contributed by atoms with Crippen LogP contribution in [0.4, 0.5) is 4.79 Å². The van der Waals surface area contributed by atoms with Crippen LogP contribution in [0.25, 0.3) is 0 Å². The Morgan fingerprint density at radius 2 is 1.69 bits per heavy atom. The number of piperidine rings is 1. The molecule has 1 aromatic rings. The molecular weight excluding hydrogens is 406 g/mol. The molecule has 0 bridgehead atoms. The van der Waals surface area contributed by atoms with Gasteiger partial charge < -0.3 is 19.9 Å². The highest BCUT2D eigenvalue weighted by Gasteiger charge is 2.38. The molecule has 0 spiro atoms. The van der Waals surface area contributed by atoms with E-state index in [4.69, 9.17) is 4.74 Å². The molecule has 0 unspecified atom stereocenters. The molecule has 0 aromatic heterocycles. The van der Waals surface area contributed by atoms with Crippen LogP contribution < -0.4 is 5.32 Å². The predicted molar refractivity (Wildman–Crippen MR) is 123 cm³/mol. The highest BCUT2D eigenvalue weighted by molar-refractivity contribution is 5.81. The van der Waals surface area contributed by atoms with E-state index >= 15 is 0 Å². The summed E-state index contributed by atoms with van der Waals surface area (Å²) in [5.41, 5.74) is 0.622. The van der Waals surface area contributed by atoms with Gasteiger partial charge in [0.05, 0.1) is 6.04 Å². The van der Waals surface area contributed by atoms with Gasteiger partial charge in [0.25, 0.3) is 0 Å². The summed E-state index contributed by atoms with van der Waals surface area (Å²) in [4.78, 5) is 41.5. The largest absolute Gasteiger partial charge is 0.444 e. The number of carbonyl (C=O) groups is 3. The zero-order chi connectivity index (χ0) is 23.3. The lowest BCUT2D eigenvalue weighted by molar-refractivity contribution is -0.140. The molecule has 3 amide bonds. The number of rotatable bonds is 5. The standard InChI is InChI=1S/C25H37N3O4/c1-18-16-28(17-21(18)26-24(31)32-25(2,3)4)23(30)20-12-14-27(15-13-20)22(29)11-10-19-8-6-5-7-9-19/h5-9,18,20-21H,10-17H2,1-4H3,(H,26,31)/t18-,21+/m1/s1. The summed E-state index contributed by atoms with van der Waals surface area (Å²) >= 11 is 0. The Morgan fingerprint density at radius 3 is 2.31 bits per heavy atom. The number of hydrogen-bond donors (Lipinski definition) is 1. The number of amides is 3. The van der Waals surface area contributed by atoms with Crippen molar-refractivity contribution in [1.82, 2.24) is 15.1 Å². The molecule has 1 aromatic carbocycles. The van der Waals surface area contributed by atoms with Crippen molar-refractivity contribution in [2.75, 3.05) is 26.2 Å². The van der Waals surface area contributed by atoms with Crippen molar-refractivity contribution in [3.8, 4) is 0 Å². The van der Waals surface area contributed by atoms with Gasteiger partial charge in [-0.25, -0.2) is 4.79 Å². The molecule has 0 aliphatic carbocycles. The highest BCUT2D eigenvalue weighted by atomic mass is 16.6. The summed E-state index contributed by atoms with van der Waals surface area (Å²) in [6, 6.07) is 9.94. The molecule has 176 valence electrons. The number of hydrogen-bond acceptors (Lipinski definition) is 4. The van der Waals surface area contributed by atoms with Crippen molar-refractivity contribution < 1.29 is 19.1 Å². The second-order valence-corrected chi connectivity index (χ2v) is 10.1. The minimum atomic E-state index is -0.548. The summed E-state index contributed by atoms with van der Waals surface area (Å²) in [7, 11) is 0. The fourth-order valence-electron chi connectivity index (χ4n) is 4.48. The monoisotopic (exact) mass is 443 g/mol. The first-order valence-corrected chi connectivity index (χ1v) is 11.7. The fourth-order valence-corrected chi connectivity index (χ4v) is 4.48.